The molecule has 0 bridgehead atoms. The van der Waals surface area contributed by atoms with Crippen LogP contribution in [-0.4, -0.2) is 15.0 Å². The molecule has 8 rings (SSSR count). The number of aromatic nitrogens is 3. The van der Waals surface area contributed by atoms with Crippen molar-refractivity contribution in [2.75, 3.05) is 0 Å². The number of benzene rings is 7. The van der Waals surface area contributed by atoms with Crippen LogP contribution in [-0.2, 0) is 0 Å². The second-order valence-corrected chi connectivity index (χ2v) is 11.7. The smallest absolute Gasteiger partial charge is 0.164 e. The Morgan fingerprint density at radius 1 is 0.188 bits per heavy atom. The summed E-state index contributed by atoms with van der Waals surface area (Å²) in [5, 5.41) is 0. The second-order valence-electron chi connectivity index (χ2n) is 11.7. The molecular weight excluding hydrogens is 583 g/mol. The summed E-state index contributed by atoms with van der Waals surface area (Å²) in [6, 6.07) is 65.3. The van der Waals surface area contributed by atoms with Crippen LogP contribution >= 0.6 is 0 Å². The van der Waals surface area contributed by atoms with Gasteiger partial charge in [-0.2, -0.15) is 0 Å². The molecule has 0 aliphatic carbocycles. The molecule has 3 nitrogen and oxygen atoms in total. The van der Waals surface area contributed by atoms with Crippen LogP contribution in [0.15, 0.2) is 188 Å². The third-order valence-electron chi connectivity index (χ3n) is 8.56. The molecule has 7 aromatic carbocycles. The molecule has 0 aliphatic rings. The molecule has 1 aromatic heterocycles. The average molecular weight is 614 g/mol. The first-order chi connectivity index (χ1) is 23.8. The predicted molar refractivity (Wildman–Crippen MR) is 198 cm³/mol. The molecule has 0 N–H and O–H groups in total. The first-order valence-electron chi connectivity index (χ1n) is 16.1. The van der Waals surface area contributed by atoms with Gasteiger partial charge >= 0.3 is 0 Å². The summed E-state index contributed by atoms with van der Waals surface area (Å²) in [4.78, 5) is 15.0. The van der Waals surface area contributed by atoms with E-state index in [9.17, 15) is 0 Å². The maximum atomic E-state index is 5.05. The first kappa shape index (κ1) is 29.0. The monoisotopic (exact) mass is 613 g/mol. The summed E-state index contributed by atoms with van der Waals surface area (Å²) in [7, 11) is 0. The summed E-state index contributed by atoms with van der Waals surface area (Å²) >= 11 is 0. The highest BCUT2D eigenvalue weighted by atomic mass is 15.0. The van der Waals surface area contributed by atoms with Gasteiger partial charge in [0.2, 0.25) is 0 Å². The molecular formula is C45H31N3. The van der Waals surface area contributed by atoms with Crippen LogP contribution in [0.2, 0.25) is 0 Å². The average Bonchev–Trinajstić information content (AvgIpc) is 3.19. The van der Waals surface area contributed by atoms with Crippen LogP contribution in [0.5, 0.6) is 0 Å². The lowest BCUT2D eigenvalue weighted by Gasteiger charge is -2.11. The van der Waals surface area contributed by atoms with Gasteiger partial charge in [-0.3, -0.25) is 0 Å². The van der Waals surface area contributed by atoms with E-state index in [0.717, 1.165) is 38.9 Å². The van der Waals surface area contributed by atoms with Crippen molar-refractivity contribution in [1.82, 2.24) is 15.0 Å². The Hall–Kier alpha value is -6.45. The minimum atomic E-state index is 0.638. The highest BCUT2D eigenvalue weighted by Crippen LogP contribution is 2.31. The predicted octanol–water partition coefficient (Wildman–Crippen LogP) is 11.5. The quantitative estimate of drug-likeness (QED) is 0.179. The molecule has 8 aromatic rings. The van der Waals surface area contributed by atoms with Crippen LogP contribution in [0, 0.1) is 0 Å². The zero-order valence-corrected chi connectivity index (χ0v) is 26.2. The van der Waals surface area contributed by atoms with Crippen molar-refractivity contribution < 1.29 is 0 Å². The lowest BCUT2D eigenvalue weighted by Crippen LogP contribution is -2.00. The van der Waals surface area contributed by atoms with Gasteiger partial charge in [0, 0.05) is 16.7 Å². The van der Waals surface area contributed by atoms with Gasteiger partial charge in [-0.15, -0.1) is 0 Å². The van der Waals surface area contributed by atoms with Gasteiger partial charge in [-0.1, -0.05) is 176 Å². The normalized spacial score (nSPS) is 10.9. The van der Waals surface area contributed by atoms with E-state index in [1.807, 2.05) is 42.5 Å². The molecule has 226 valence electrons. The fraction of sp³-hybridized carbons (Fsp3) is 0. The van der Waals surface area contributed by atoms with Gasteiger partial charge in [0.05, 0.1) is 0 Å². The summed E-state index contributed by atoms with van der Waals surface area (Å²) in [6.45, 7) is 0. The largest absolute Gasteiger partial charge is 0.208 e. The number of nitrogens with zero attached hydrogens (tertiary/aromatic N) is 3. The van der Waals surface area contributed by atoms with Crippen LogP contribution in [0.25, 0.3) is 78.7 Å². The van der Waals surface area contributed by atoms with Crippen molar-refractivity contribution in [3.8, 4) is 78.7 Å². The maximum absolute atomic E-state index is 5.05. The number of rotatable bonds is 7. The van der Waals surface area contributed by atoms with E-state index >= 15 is 0 Å². The van der Waals surface area contributed by atoms with Gasteiger partial charge < -0.3 is 0 Å². The molecule has 48 heavy (non-hydrogen) atoms. The summed E-state index contributed by atoms with van der Waals surface area (Å²) in [6.07, 6.45) is 0. The zero-order chi connectivity index (χ0) is 32.1. The summed E-state index contributed by atoms with van der Waals surface area (Å²) < 4.78 is 0. The van der Waals surface area contributed by atoms with Gasteiger partial charge in [0.25, 0.3) is 0 Å². The van der Waals surface area contributed by atoms with Crippen LogP contribution in [0.4, 0.5) is 0 Å². The molecule has 0 spiro atoms. The molecule has 0 saturated heterocycles. The maximum Gasteiger partial charge on any atom is 0.164 e. The molecule has 0 amide bonds. The van der Waals surface area contributed by atoms with Crippen molar-refractivity contribution in [3.63, 3.8) is 0 Å². The van der Waals surface area contributed by atoms with Gasteiger partial charge in [0.1, 0.15) is 0 Å². The molecule has 0 atom stereocenters. The fourth-order valence-electron chi connectivity index (χ4n) is 6.00. The van der Waals surface area contributed by atoms with E-state index in [1.165, 1.54) is 22.3 Å². The molecule has 0 aliphatic heterocycles. The minimum Gasteiger partial charge on any atom is -0.208 e. The van der Waals surface area contributed by atoms with Gasteiger partial charge in [0.15, 0.2) is 17.5 Å². The SMILES string of the molecule is c1ccc(-c2ccc(-c3cccc(-c4nc(-c5ccccc5)nc(-c5cccc(-c6ccc(-c7ccccc7)cc6)c5)n4)c3)cc2)cc1. The molecule has 0 fully saturated rings. The summed E-state index contributed by atoms with van der Waals surface area (Å²) in [5.41, 5.74) is 12.1. The highest BCUT2D eigenvalue weighted by Gasteiger charge is 2.14. The van der Waals surface area contributed by atoms with Crippen molar-refractivity contribution >= 4 is 0 Å². The molecule has 0 unspecified atom stereocenters. The van der Waals surface area contributed by atoms with Crippen LogP contribution in [0.1, 0.15) is 0 Å². The molecule has 1 heterocycles. The third kappa shape index (κ3) is 6.18. The van der Waals surface area contributed by atoms with Crippen LogP contribution in [0.3, 0.4) is 0 Å². The Balaban J connectivity index is 1.16. The highest BCUT2D eigenvalue weighted by molar-refractivity contribution is 5.77. The second kappa shape index (κ2) is 13.1. The number of hydrogen-bond donors (Lipinski definition) is 0. The zero-order valence-electron chi connectivity index (χ0n) is 26.2. The standard InChI is InChI=1S/C45H31N3/c1-4-12-32(13-5-1)34-22-26-36(27-23-34)39-18-10-20-41(30-39)44-46-43(38-16-8-3-9-17-38)47-45(48-44)42-21-11-19-40(31-42)37-28-24-35(25-29-37)33-14-6-2-7-15-33/h1-31H. The van der Waals surface area contributed by atoms with Crippen molar-refractivity contribution in [2.24, 2.45) is 0 Å². The van der Waals surface area contributed by atoms with Crippen LogP contribution < -0.4 is 0 Å². The molecule has 3 heteroatoms. The molecule has 0 saturated carbocycles. The topological polar surface area (TPSA) is 38.7 Å². The van der Waals surface area contributed by atoms with Gasteiger partial charge in [-0.05, 0) is 56.6 Å². The Bertz CT molecular complexity index is 2150. The minimum absolute atomic E-state index is 0.638. The van der Waals surface area contributed by atoms with Crippen molar-refractivity contribution in [1.29, 1.82) is 0 Å². The van der Waals surface area contributed by atoms with E-state index in [4.69, 9.17) is 15.0 Å². The number of hydrogen-bond acceptors (Lipinski definition) is 3. The molecule has 0 radical (unpaired) electrons. The van der Waals surface area contributed by atoms with E-state index in [1.54, 1.807) is 0 Å². The van der Waals surface area contributed by atoms with Crippen molar-refractivity contribution in [3.05, 3.63) is 188 Å². The summed E-state index contributed by atoms with van der Waals surface area (Å²) in [5.74, 6) is 1.92. The lowest BCUT2D eigenvalue weighted by molar-refractivity contribution is 1.07. The van der Waals surface area contributed by atoms with Gasteiger partial charge in [-0.25, -0.2) is 15.0 Å². The fourth-order valence-corrected chi connectivity index (χ4v) is 6.00. The van der Waals surface area contributed by atoms with E-state index < -0.39 is 0 Å². The van der Waals surface area contributed by atoms with E-state index in [0.29, 0.717) is 17.5 Å². The first-order valence-corrected chi connectivity index (χ1v) is 16.1. The van der Waals surface area contributed by atoms with E-state index in [-0.39, 0.29) is 0 Å². The Morgan fingerprint density at radius 3 is 0.812 bits per heavy atom. The van der Waals surface area contributed by atoms with Crippen molar-refractivity contribution in [2.45, 2.75) is 0 Å². The van der Waals surface area contributed by atoms with E-state index in [2.05, 4.69) is 146 Å². The Kier molecular flexibility index (Phi) is 7.92. The third-order valence-corrected chi connectivity index (χ3v) is 8.56. The lowest BCUT2D eigenvalue weighted by atomic mass is 9.98. The Morgan fingerprint density at radius 2 is 0.438 bits per heavy atom. The Labute approximate surface area is 280 Å².